The minimum atomic E-state index is 0.388. The van der Waals surface area contributed by atoms with Crippen molar-refractivity contribution in [1.29, 1.82) is 0 Å². The van der Waals surface area contributed by atoms with Gasteiger partial charge in [-0.2, -0.15) is 0 Å². The molecule has 0 spiro atoms. The van der Waals surface area contributed by atoms with Crippen molar-refractivity contribution in [3.63, 3.8) is 0 Å². The molecule has 0 atom stereocenters. The zero-order valence-corrected chi connectivity index (χ0v) is 9.44. The van der Waals surface area contributed by atoms with Crippen LogP contribution in [-0.2, 0) is 12.8 Å². The van der Waals surface area contributed by atoms with Crippen molar-refractivity contribution in [2.45, 2.75) is 32.1 Å². The van der Waals surface area contributed by atoms with Gasteiger partial charge in [0.05, 0.1) is 0 Å². The molecule has 0 amide bonds. The van der Waals surface area contributed by atoms with Crippen LogP contribution in [0, 0.1) is 0 Å². The van der Waals surface area contributed by atoms with E-state index < -0.39 is 0 Å². The van der Waals surface area contributed by atoms with Crippen LogP contribution in [-0.4, -0.2) is 5.11 Å². The van der Waals surface area contributed by atoms with Gasteiger partial charge in [0.15, 0.2) is 0 Å². The van der Waals surface area contributed by atoms with Gasteiger partial charge < -0.3 is 5.11 Å². The number of aryl methyl sites for hydroxylation is 2. The number of fused-ring (bicyclic) bond motifs is 3. The maximum absolute atomic E-state index is 9.45. The largest absolute Gasteiger partial charge is 0.508 e. The first-order valence-corrected chi connectivity index (χ1v) is 6.39. The predicted octanol–water partition coefficient (Wildman–Crippen LogP) is 3.88. The highest BCUT2D eigenvalue weighted by molar-refractivity contribution is 7.19. The molecule has 0 saturated heterocycles. The lowest BCUT2D eigenvalue weighted by atomic mass is 10.1. The molecule has 1 N–H and O–H groups in total. The maximum Gasteiger partial charge on any atom is 0.117 e. The van der Waals surface area contributed by atoms with Crippen LogP contribution >= 0.6 is 11.3 Å². The average Bonchev–Trinajstić information content (AvgIpc) is 2.42. The minimum absolute atomic E-state index is 0.388. The van der Waals surface area contributed by atoms with Crippen LogP contribution in [0.3, 0.4) is 0 Å². The Morgan fingerprint density at radius 3 is 2.87 bits per heavy atom. The average molecular weight is 218 g/mol. The van der Waals surface area contributed by atoms with Gasteiger partial charge in [-0.05, 0) is 54.8 Å². The van der Waals surface area contributed by atoms with Gasteiger partial charge in [-0.1, -0.05) is 6.42 Å². The number of benzene rings is 1. The third-order valence-corrected chi connectivity index (χ3v) is 4.45. The van der Waals surface area contributed by atoms with E-state index in [0.29, 0.717) is 5.75 Å². The van der Waals surface area contributed by atoms with Gasteiger partial charge in [0, 0.05) is 9.58 Å². The lowest BCUT2D eigenvalue weighted by Gasteiger charge is -1.98. The standard InChI is InChI=1S/C13H14OS/c14-9-6-7-11-10-4-2-1-3-5-12(10)15-13(11)8-9/h6-8,14H,1-5H2. The Hall–Kier alpha value is -1.02. The molecule has 0 fully saturated rings. The molecule has 1 aliphatic rings. The Kier molecular flexibility index (Phi) is 2.17. The van der Waals surface area contributed by atoms with E-state index in [-0.39, 0.29) is 0 Å². The molecule has 0 unspecified atom stereocenters. The van der Waals surface area contributed by atoms with Crippen molar-refractivity contribution >= 4 is 21.4 Å². The summed E-state index contributed by atoms with van der Waals surface area (Å²) in [6.45, 7) is 0. The fourth-order valence-electron chi connectivity index (χ4n) is 2.43. The lowest BCUT2D eigenvalue weighted by molar-refractivity contribution is 0.476. The molecular formula is C13H14OS. The first-order valence-electron chi connectivity index (χ1n) is 5.58. The number of phenolic OH excluding ortho intramolecular Hbond substituents is 1. The van der Waals surface area contributed by atoms with E-state index in [1.807, 2.05) is 17.4 Å². The fraction of sp³-hybridized carbons (Fsp3) is 0.385. The third kappa shape index (κ3) is 1.53. The third-order valence-electron chi connectivity index (χ3n) is 3.19. The molecule has 0 aliphatic heterocycles. The Labute approximate surface area is 93.4 Å². The Bertz CT molecular complexity index is 498. The van der Waals surface area contributed by atoms with Crippen LogP contribution in [0.1, 0.15) is 29.7 Å². The molecule has 78 valence electrons. The van der Waals surface area contributed by atoms with Crippen LogP contribution < -0.4 is 0 Å². The summed E-state index contributed by atoms with van der Waals surface area (Å²) < 4.78 is 1.25. The van der Waals surface area contributed by atoms with Gasteiger partial charge in [0.25, 0.3) is 0 Å². The van der Waals surface area contributed by atoms with E-state index >= 15 is 0 Å². The van der Waals surface area contributed by atoms with E-state index in [1.54, 1.807) is 16.5 Å². The van der Waals surface area contributed by atoms with Gasteiger partial charge in [-0.3, -0.25) is 0 Å². The maximum atomic E-state index is 9.45. The van der Waals surface area contributed by atoms with Crippen LogP contribution in [0.4, 0.5) is 0 Å². The smallest absolute Gasteiger partial charge is 0.117 e. The van der Waals surface area contributed by atoms with Gasteiger partial charge in [0.2, 0.25) is 0 Å². The second kappa shape index (κ2) is 3.53. The quantitative estimate of drug-likeness (QED) is 0.665. The Morgan fingerprint density at radius 1 is 1.07 bits per heavy atom. The summed E-state index contributed by atoms with van der Waals surface area (Å²) >= 11 is 1.87. The van der Waals surface area contributed by atoms with Gasteiger partial charge in [0.1, 0.15) is 5.75 Å². The topological polar surface area (TPSA) is 20.2 Å². The first-order chi connectivity index (χ1) is 7.34. The molecule has 15 heavy (non-hydrogen) atoms. The molecular weight excluding hydrogens is 204 g/mol. The summed E-state index contributed by atoms with van der Waals surface area (Å²) in [4.78, 5) is 1.55. The number of aromatic hydroxyl groups is 1. The van der Waals surface area contributed by atoms with Crippen molar-refractivity contribution in [3.05, 3.63) is 28.6 Å². The van der Waals surface area contributed by atoms with Crippen molar-refractivity contribution in [2.24, 2.45) is 0 Å². The number of phenols is 1. The van der Waals surface area contributed by atoms with E-state index in [9.17, 15) is 5.11 Å². The van der Waals surface area contributed by atoms with E-state index in [4.69, 9.17) is 0 Å². The molecule has 1 aromatic heterocycles. The normalized spacial score (nSPS) is 16.3. The number of rotatable bonds is 0. The molecule has 2 heteroatoms. The molecule has 0 radical (unpaired) electrons. The van der Waals surface area contributed by atoms with E-state index in [2.05, 4.69) is 6.07 Å². The van der Waals surface area contributed by atoms with E-state index in [1.165, 1.54) is 42.2 Å². The summed E-state index contributed by atoms with van der Waals surface area (Å²) in [6, 6.07) is 5.78. The highest BCUT2D eigenvalue weighted by Gasteiger charge is 2.14. The molecule has 1 aromatic carbocycles. The SMILES string of the molecule is Oc1ccc2c3c(sc2c1)CCCCC3. The van der Waals surface area contributed by atoms with Crippen molar-refractivity contribution < 1.29 is 5.11 Å². The molecule has 3 rings (SSSR count). The molecule has 2 aromatic rings. The monoisotopic (exact) mass is 218 g/mol. The molecule has 1 nitrogen and oxygen atoms in total. The first kappa shape index (κ1) is 9.22. The number of hydrogen-bond donors (Lipinski definition) is 1. The molecule has 1 aliphatic carbocycles. The van der Waals surface area contributed by atoms with Gasteiger partial charge in [-0.15, -0.1) is 11.3 Å². The zero-order chi connectivity index (χ0) is 10.3. The van der Waals surface area contributed by atoms with Gasteiger partial charge in [-0.25, -0.2) is 0 Å². The number of thiophene rings is 1. The summed E-state index contributed by atoms with van der Waals surface area (Å²) in [7, 11) is 0. The zero-order valence-electron chi connectivity index (χ0n) is 8.62. The van der Waals surface area contributed by atoms with Crippen LogP contribution in [0.25, 0.3) is 10.1 Å². The highest BCUT2D eigenvalue weighted by Crippen LogP contribution is 2.36. The lowest BCUT2D eigenvalue weighted by Crippen LogP contribution is -1.83. The Morgan fingerprint density at radius 2 is 1.93 bits per heavy atom. The summed E-state index contributed by atoms with van der Waals surface area (Å²) in [5.74, 6) is 0.388. The van der Waals surface area contributed by atoms with Crippen molar-refractivity contribution in [2.75, 3.05) is 0 Å². The highest BCUT2D eigenvalue weighted by atomic mass is 32.1. The molecule has 0 saturated carbocycles. The van der Waals surface area contributed by atoms with Crippen LogP contribution in [0.5, 0.6) is 5.75 Å². The second-order valence-corrected chi connectivity index (χ2v) is 5.38. The van der Waals surface area contributed by atoms with Crippen molar-refractivity contribution in [1.82, 2.24) is 0 Å². The summed E-state index contributed by atoms with van der Waals surface area (Å²) in [5.41, 5.74) is 1.55. The minimum Gasteiger partial charge on any atom is -0.508 e. The predicted molar refractivity (Wildman–Crippen MR) is 64.7 cm³/mol. The summed E-state index contributed by atoms with van der Waals surface area (Å²) in [5, 5.41) is 10.8. The summed E-state index contributed by atoms with van der Waals surface area (Å²) in [6.07, 6.45) is 6.46. The van der Waals surface area contributed by atoms with Crippen LogP contribution in [0.15, 0.2) is 18.2 Å². The molecule has 1 heterocycles. The van der Waals surface area contributed by atoms with Crippen LogP contribution in [0.2, 0.25) is 0 Å². The van der Waals surface area contributed by atoms with E-state index in [0.717, 1.165) is 0 Å². The van der Waals surface area contributed by atoms with Gasteiger partial charge >= 0.3 is 0 Å². The number of hydrogen-bond acceptors (Lipinski definition) is 2. The Balaban J connectivity index is 2.23. The van der Waals surface area contributed by atoms with Crippen molar-refractivity contribution in [3.8, 4) is 5.75 Å². The molecule has 0 bridgehead atoms. The fourth-order valence-corrected chi connectivity index (χ4v) is 3.76. The second-order valence-electron chi connectivity index (χ2n) is 4.24.